The molecule has 37 heavy (non-hydrogen) atoms. The van der Waals surface area contributed by atoms with Crippen LogP contribution in [0.4, 0.5) is 14.4 Å². The van der Waals surface area contributed by atoms with Gasteiger partial charge in [-0.05, 0) is 50.3 Å². The monoisotopic (exact) mass is 527 g/mol. The number of carbonyl (C=O) groups is 4. The zero-order valence-electron chi connectivity index (χ0n) is 22.3. The third kappa shape index (κ3) is 11.4. The molecule has 0 unspecified atom stereocenters. The molecule has 0 aliphatic heterocycles. The lowest BCUT2D eigenvalue weighted by Crippen LogP contribution is -2.59. The number of carboxylic acids is 1. The highest BCUT2D eigenvalue weighted by Gasteiger charge is 2.44. The Bertz CT molecular complexity index is 929. The largest absolute Gasteiger partial charge is 0.513 e. The summed E-state index contributed by atoms with van der Waals surface area (Å²) in [5.41, 5.74) is -1.96. The standard InChI is InChI=1S/C25H37NO11/c1-8-32-24(31)37-25(21(27)28,26-17(6)7)12-18-9-10-19(35-22(29)33-13-15(2)3)20(11-18)36-23(30)34-14-16(4)5/h9-11,15-17,26H,8,12-14H2,1-7H3,(H,27,28)/t25-/m0/s1. The van der Waals surface area contributed by atoms with Gasteiger partial charge in [0.05, 0.1) is 19.8 Å². The van der Waals surface area contributed by atoms with Gasteiger partial charge in [0.2, 0.25) is 0 Å². The minimum absolute atomic E-state index is 0.0222. The van der Waals surface area contributed by atoms with E-state index in [4.69, 9.17) is 28.4 Å². The predicted molar refractivity (Wildman–Crippen MR) is 131 cm³/mol. The molecule has 0 saturated heterocycles. The first kappa shape index (κ1) is 31.5. The van der Waals surface area contributed by atoms with Crippen molar-refractivity contribution in [3.63, 3.8) is 0 Å². The maximum Gasteiger partial charge on any atom is 0.513 e. The van der Waals surface area contributed by atoms with Gasteiger partial charge >= 0.3 is 24.4 Å². The normalized spacial score (nSPS) is 12.6. The Morgan fingerprint density at radius 2 is 1.38 bits per heavy atom. The molecule has 1 aromatic carbocycles. The van der Waals surface area contributed by atoms with E-state index in [9.17, 15) is 24.3 Å². The SMILES string of the molecule is CCOC(=O)O[C@](Cc1ccc(OC(=O)OCC(C)C)c(OC(=O)OCC(C)C)c1)(NC(C)C)C(=O)O. The number of ether oxygens (including phenoxy) is 6. The van der Waals surface area contributed by atoms with Gasteiger partial charge in [0.1, 0.15) is 0 Å². The fraction of sp³-hybridized carbons (Fsp3) is 0.600. The molecule has 1 aromatic rings. The Morgan fingerprint density at radius 3 is 1.84 bits per heavy atom. The number of carboxylic acid groups (broad SMARTS) is 1. The number of benzene rings is 1. The van der Waals surface area contributed by atoms with Crippen LogP contribution < -0.4 is 14.8 Å². The van der Waals surface area contributed by atoms with Crippen molar-refractivity contribution in [2.45, 2.75) is 66.7 Å². The summed E-state index contributed by atoms with van der Waals surface area (Å²) < 4.78 is 30.4. The quantitative estimate of drug-likeness (QED) is 0.160. The highest BCUT2D eigenvalue weighted by atomic mass is 16.8. The number of hydrogen-bond donors (Lipinski definition) is 2. The van der Waals surface area contributed by atoms with Crippen LogP contribution >= 0.6 is 0 Å². The molecule has 0 aliphatic carbocycles. The number of hydrogen-bond acceptors (Lipinski definition) is 11. The average Bonchev–Trinajstić information content (AvgIpc) is 2.77. The molecule has 0 aromatic heterocycles. The topological polar surface area (TPSA) is 156 Å². The predicted octanol–water partition coefficient (Wildman–Crippen LogP) is 4.52. The van der Waals surface area contributed by atoms with E-state index in [0.29, 0.717) is 0 Å². The van der Waals surface area contributed by atoms with Gasteiger partial charge in [-0.3, -0.25) is 5.32 Å². The first-order valence-electron chi connectivity index (χ1n) is 12.0. The molecule has 0 spiro atoms. The van der Waals surface area contributed by atoms with E-state index in [0.717, 1.165) is 0 Å². The van der Waals surface area contributed by atoms with Crippen LogP contribution in [0.1, 0.15) is 54.0 Å². The summed E-state index contributed by atoms with van der Waals surface area (Å²) >= 11 is 0. The van der Waals surface area contributed by atoms with Gasteiger partial charge < -0.3 is 33.5 Å². The van der Waals surface area contributed by atoms with Crippen LogP contribution in [0.25, 0.3) is 0 Å². The number of aliphatic carboxylic acids is 1. The molecule has 1 rings (SSSR count). The van der Waals surface area contributed by atoms with Gasteiger partial charge in [-0.2, -0.15) is 0 Å². The van der Waals surface area contributed by atoms with E-state index in [1.165, 1.54) is 18.2 Å². The second-order valence-corrected chi connectivity index (χ2v) is 9.29. The molecule has 0 aliphatic rings. The molecule has 12 nitrogen and oxygen atoms in total. The van der Waals surface area contributed by atoms with E-state index >= 15 is 0 Å². The van der Waals surface area contributed by atoms with Crippen molar-refractivity contribution in [1.29, 1.82) is 0 Å². The summed E-state index contributed by atoms with van der Waals surface area (Å²) in [7, 11) is 0. The van der Waals surface area contributed by atoms with Crippen molar-refractivity contribution in [2.24, 2.45) is 11.8 Å². The van der Waals surface area contributed by atoms with Crippen LogP contribution in [0, 0.1) is 11.8 Å². The number of rotatable bonds is 13. The van der Waals surface area contributed by atoms with Crippen LogP contribution in [0.2, 0.25) is 0 Å². The molecule has 0 radical (unpaired) electrons. The van der Waals surface area contributed by atoms with E-state index in [-0.39, 0.29) is 48.7 Å². The van der Waals surface area contributed by atoms with E-state index in [1.54, 1.807) is 20.8 Å². The van der Waals surface area contributed by atoms with Gasteiger partial charge in [-0.25, -0.2) is 19.2 Å². The Morgan fingerprint density at radius 1 is 0.838 bits per heavy atom. The van der Waals surface area contributed by atoms with Gasteiger partial charge in [-0.15, -0.1) is 0 Å². The molecule has 1 atom stereocenters. The first-order valence-corrected chi connectivity index (χ1v) is 12.0. The van der Waals surface area contributed by atoms with Crippen molar-refractivity contribution < 1.29 is 52.7 Å². The lowest BCUT2D eigenvalue weighted by atomic mass is 10.0. The van der Waals surface area contributed by atoms with Crippen LogP contribution in [0.5, 0.6) is 11.5 Å². The van der Waals surface area contributed by atoms with Gasteiger partial charge in [-0.1, -0.05) is 33.8 Å². The fourth-order valence-electron chi connectivity index (χ4n) is 2.88. The van der Waals surface area contributed by atoms with E-state index < -0.39 is 42.6 Å². The molecule has 0 fully saturated rings. The Hall–Kier alpha value is -3.54. The number of carbonyl (C=O) groups excluding carboxylic acids is 3. The summed E-state index contributed by atoms with van der Waals surface area (Å²) in [6.45, 7) is 12.4. The van der Waals surface area contributed by atoms with Crippen molar-refractivity contribution in [3.8, 4) is 11.5 Å². The van der Waals surface area contributed by atoms with Gasteiger partial charge in [0, 0.05) is 12.5 Å². The first-order chi connectivity index (χ1) is 17.3. The maximum atomic E-state index is 12.3. The maximum absolute atomic E-state index is 12.3. The Balaban J connectivity index is 3.35. The van der Waals surface area contributed by atoms with Gasteiger partial charge in [0.15, 0.2) is 11.5 Å². The minimum atomic E-state index is -2.21. The highest BCUT2D eigenvalue weighted by molar-refractivity contribution is 5.80. The Labute approximate surface area is 216 Å². The molecule has 0 saturated carbocycles. The van der Waals surface area contributed by atoms with Crippen molar-refractivity contribution in [3.05, 3.63) is 23.8 Å². The average molecular weight is 528 g/mol. The molecule has 0 amide bonds. The highest BCUT2D eigenvalue weighted by Crippen LogP contribution is 2.31. The summed E-state index contributed by atoms with van der Waals surface area (Å²) in [6.07, 6.45) is -3.65. The third-order valence-electron chi connectivity index (χ3n) is 4.30. The molecule has 12 heteroatoms. The summed E-state index contributed by atoms with van der Waals surface area (Å²) in [5.74, 6) is -1.77. The lowest BCUT2D eigenvalue weighted by Gasteiger charge is -2.31. The van der Waals surface area contributed by atoms with Crippen LogP contribution in [-0.4, -0.2) is 61.1 Å². The molecule has 0 heterocycles. The molecular weight excluding hydrogens is 490 g/mol. The second kappa shape index (κ2) is 14.9. The van der Waals surface area contributed by atoms with Crippen molar-refractivity contribution in [1.82, 2.24) is 5.32 Å². The summed E-state index contributed by atoms with van der Waals surface area (Å²) in [4.78, 5) is 48.7. The van der Waals surface area contributed by atoms with Crippen molar-refractivity contribution >= 4 is 24.4 Å². The fourth-order valence-corrected chi connectivity index (χ4v) is 2.88. The summed E-state index contributed by atoms with van der Waals surface area (Å²) in [5, 5.41) is 12.7. The van der Waals surface area contributed by atoms with Crippen LogP contribution in [-0.2, 0) is 30.2 Å². The van der Waals surface area contributed by atoms with E-state index in [2.05, 4.69) is 5.32 Å². The number of nitrogens with one attached hydrogen (secondary N) is 1. The van der Waals surface area contributed by atoms with Crippen LogP contribution in [0.15, 0.2) is 18.2 Å². The summed E-state index contributed by atoms with van der Waals surface area (Å²) in [6, 6.07) is 3.58. The van der Waals surface area contributed by atoms with Crippen molar-refractivity contribution in [2.75, 3.05) is 19.8 Å². The smallest absolute Gasteiger partial charge is 0.477 e. The molecule has 0 bridgehead atoms. The lowest BCUT2D eigenvalue weighted by molar-refractivity contribution is -0.166. The third-order valence-corrected chi connectivity index (χ3v) is 4.30. The molecular formula is C25H37NO11. The molecule has 208 valence electrons. The van der Waals surface area contributed by atoms with E-state index in [1.807, 2.05) is 27.7 Å². The zero-order chi connectivity index (χ0) is 28.2. The molecule has 2 N–H and O–H groups in total. The zero-order valence-corrected chi connectivity index (χ0v) is 22.3. The minimum Gasteiger partial charge on any atom is -0.477 e. The Kier molecular flexibility index (Phi) is 12.7. The van der Waals surface area contributed by atoms with Gasteiger partial charge in [0.25, 0.3) is 5.72 Å². The van der Waals surface area contributed by atoms with Crippen LogP contribution in [0.3, 0.4) is 0 Å². The second-order valence-electron chi connectivity index (χ2n) is 9.29.